The Labute approximate surface area is 446 Å². The summed E-state index contributed by atoms with van der Waals surface area (Å²) in [7, 11) is 0. The SMILES string of the molecule is CC/C=C\C/C=C\C/C=C\C/C=C\CCCCCCCCC(=O)OCC(COCCCCCCC/C=C\C/C=C\C/C=C\C/C=C\CC)OC(=O)CCCCCCCCCCC/C=C\CCCCCCCC. The highest BCUT2D eigenvalue weighted by Crippen LogP contribution is 2.15. The van der Waals surface area contributed by atoms with Gasteiger partial charge in [0.1, 0.15) is 6.61 Å². The van der Waals surface area contributed by atoms with Crippen molar-refractivity contribution >= 4 is 11.9 Å². The van der Waals surface area contributed by atoms with Gasteiger partial charge in [-0.05, 0) is 122 Å². The standard InChI is InChI=1S/C67H114O5/c1-4-7-10-13-16-19-22-25-28-31-34-36-39-42-45-48-51-54-57-60-66(68)71-64-65(63-70-62-59-56-53-50-47-44-41-38-33-30-27-24-21-18-15-12-9-6-3)72-67(69)61-58-55-52-49-46-43-40-37-35-32-29-26-23-20-17-14-11-8-5-2/h7,9-10,12,16,18-19,21,25-30,34,36,38,41,65H,4-6,8,11,13-15,17,20,22-24,31-33,35,37,39-40,42-64H2,1-3H3/b10-7-,12-9-,19-16-,21-18-,28-25-,29-26-,30-27-,36-34-,41-38-. The van der Waals surface area contributed by atoms with Gasteiger partial charge < -0.3 is 14.2 Å². The molecule has 412 valence electrons. The normalized spacial score (nSPS) is 13.0. The van der Waals surface area contributed by atoms with Crippen LogP contribution in [-0.2, 0) is 23.8 Å². The molecule has 0 radical (unpaired) electrons. The summed E-state index contributed by atoms with van der Waals surface area (Å²) in [5.41, 5.74) is 0. The third kappa shape index (κ3) is 59.1. The van der Waals surface area contributed by atoms with Gasteiger partial charge in [0.25, 0.3) is 0 Å². The molecule has 0 aliphatic carbocycles. The van der Waals surface area contributed by atoms with Crippen LogP contribution in [0.4, 0.5) is 0 Å². The van der Waals surface area contributed by atoms with E-state index in [1.54, 1.807) is 0 Å². The van der Waals surface area contributed by atoms with Crippen LogP contribution in [0.25, 0.3) is 0 Å². The van der Waals surface area contributed by atoms with E-state index in [0.717, 1.165) is 116 Å². The first kappa shape index (κ1) is 68.6. The molecule has 0 aromatic heterocycles. The molecule has 1 atom stereocenters. The van der Waals surface area contributed by atoms with Crippen molar-refractivity contribution in [2.24, 2.45) is 0 Å². The Bertz CT molecular complexity index is 1410. The van der Waals surface area contributed by atoms with Gasteiger partial charge in [-0.15, -0.1) is 0 Å². The van der Waals surface area contributed by atoms with Gasteiger partial charge in [0.2, 0.25) is 0 Å². The highest BCUT2D eigenvalue weighted by Gasteiger charge is 2.17. The molecule has 5 heteroatoms. The van der Waals surface area contributed by atoms with Crippen LogP contribution in [0.3, 0.4) is 0 Å². The fourth-order valence-corrected chi connectivity index (χ4v) is 8.31. The minimum absolute atomic E-state index is 0.0641. The van der Waals surface area contributed by atoms with E-state index in [2.05, 4.69) is 130 Å². The smallest absolute Gasteiger partial charge is 0.306 e. The zero-order chi connectivity index (χ0) is 52.0. The Balaban J connectivity index is 4.36. The van der Waals surface area contributed by atoms with Crippen LogP contribution in [-0.4, -0.2) is 37.9 Å². The summed E-state index contributed by atoms with van der Waals surface area (Å²) in [5, 5.41) is 0. The van der Waals surface area contributed by atoms with Gasteiger partial charge >= 0.3 is 11.9 Å². The summed E-state index contributed by atoms with van der Waals surface area (Å²) in [6.07, 6.45) is 85.4. The maximum Gasteiger partial charge on any atom is 0.306 e. The van der Waals surface area contributed by atoms with Crippen LogP contribution in [0.5, 0.6) is 0 Å². The first-order chi connectivity index (χ1) is 35.6. The number of carbonyl (C=O) groups is 2. The van der Waals surface area contributed by atoms with Crippen LogP contribution in [0, 0.1) is 0 Å². The van der Waals surface area contributed by atoms with E-state index >= 15 is 0 Å². The van der Waals surface area contributed by atoms with E-state index in [1.807, 2.05) is 0 Å². The number of rotatable bonds is 55. The van der Waals surface area contributed by atoms with Gasteiger partial charge in [0.05, 0.1) is 6.61 Å². The van der Waals surface area contributed by atoms with Crippen molar-refractivity contribution in [3.8, 4) is 0 Å². The van der Waals surface area contributed by atoms with Gasteiger partial charge in [-0.2, -0.15) is 0 Å². The Kier molecular flexibility index (Phi) is 58.9. The van der Waals surface area contributed by atoms with E-state index in [9.17, 15) is 9.59 Å². The number of unbranched alkanes of at least 4 members (excludes halogenated alkanes) is 26. The number of carbonyl (C=O) groups excluding carboxylic acids is 2. The molecule has 0 spiro atoms. The van der Waals surface area contributed by atoms with Crippen LogP contribution >= 0.6 is 0 Å². The molecule has 0 N–H and O–H groups in total. The quantitative estimate of drug-likeness (QED) is 0.0345. The number of hydrogen-bond acceptors (Lipinski definition) is 5. The molecule has 0 amide bonds. The second-order valence-corrected chi connectivity index (χ2v) is 19.8. The molecule has 0 aliphatic heterocycles. The fourth-order valence-electron chi connectivity index (χ4n) is 8.31. The second-order valence-electron chi connectivity index (χ2n) is 19.8. The van der Waals surface area contributed by atoms with Crippen LogP contribution < -0.4 is 0 Å². The molecule has 72 heavy (non-hydrogen) atoms. The maximum absolute atomic E-state index is 12.9. The largest absolute Gasteiger partial charge is 0.462 e. The Morgan fingerprint density at radius 2 is 0.625 bits per heavy atom. The third-order valence-corrected chi connectivity index (χ3v) is 12.8. The zero-order valence-corrected chi connectivity index (χ0v) is 47.4. The van der Waals surface area contributed by atoms with Gasteiger partial charge in [-0.3, -0.25) is 9.59 Å². The molecule has 0 bridgehead atoms. The highest BCUT2D eigenvalue weighted by molar-refractivity contribution is 5.70. The van der Waals surface area contributed by atoms with Gasteiger partial charge in [0, 0.05) is 19.4 Å². The third-order valence-electron chi connectivity index (χ3n) is 12.8. The topological polar surface area (TPSA) is 61.8 Å². The van der Waals surface area contributed by atoms with Crippen LogP contribution in [0.2, 0.25) is 0 Å². The van der Waals surface area contributed by atoms with E-state index in [0.29, 0.717) is 19.4 Å². The molecule has 1 unspecified atom stereocenters. The summed E-state index contributed by atoms with van der Waals surface area (Å²) in [4.78, 5) is 25.6. The van der Waals surface area contributed by atoms with E-state index in [4.69, 9.17) is 14.2 Å². The monoisotopic (exact) mass is 999 g/mol. The molecular formula is C67H114O5. The van der Waals surface area contributed by atoms with Crippen molar-refractivity contribution in [2.45, 2.75) is 284 Å². The summed E-state index contributed by atoms with van der Waals surface area (Å²) in [6, 6.07) is 0. The van der Waals surface area contributed by atoms with Crippen molar-refractivity contribution < 1.29 is 23.8 Å². The number of allylic oxidation sites excluding steroid dienone is 18. The lowest BCUT2D eigenvalue weighted by molar-refractivity contribution is -0.163. The van der Waals surface area contributed by atoms with Crippen LogP contribution in [0.1, 0.15) is 278 Å². The zero-order valence-electron chi connectivity index (χ0n) is 47.4. The Hall–Kier alpha value is -3.44. The predicted octanol–water partition coefficient (Wildman–Crippen LogP) is 21.1. The van der Waals surface area contributed by atoms with Gasteiger partial charge in [0.15, 0.2) is 6.10 Å². The van der Waals surface area contributed by atoms with Crippen molar-refractivity contribution in [2.75, 3.05) is 19.8 Å². The molecule has 0 aromatic rings. The minimum Gasteiger partial charge on any atom is -0.462 e. The van der Waals surface area contributed by atoms with Crippen molar-refractivity contribution in [3.63, 3.8) is 0 Å². The molecule has 0 saturated carbocycles. The minimum atomic E-state index is -0.562. The number of hydrogen-bond donors (Lipinski definition) is 0. The molecule has 0 rings (SSSR count). The lowest BCUT2D eigenvalue weighted by atomic mass is 10.1. The van der Waals surface area contributed by atoms with E-state index < -0.39 is 6.10 Å². The van der Waals surface area contributed by atoms with Gasteiger partial charge in [-0.25, -0.2) is 0 Å². The summed E-state index contributed by atoms with van der Waals surface area (Å²) >= 11 is 0. The summed E-state index contributed by atoms with van der Waals surface area (Å²) in [5.74, 6) is -0.424. The second kappa shape index (κ2) is 61.9. The van der Waals surface area contributed by atoms with Crippen molar-refractivity contribution in [3.05, 3.63) is 109 Å². The van der Waals surface area contributed by atoms with Crippen molar-refractivity contribution in [1.29, 1.82) is 0 Å². The molecule has 0 saturated heterocycles. The van der Waals surface area contributed by atoms with E-state index in [1.165, 1.54) is 128 Å². The average Bonchev–Trinajstić information content (AvgIpc) is 3.38. The van der Waals surface area contributed by atoms with E-state index in [-0.39, 0.29) is 25.2 Å². The molecule has 0 aliphatic rings. The number of ether oxygens (including phenoxy) is 3. The average molecular weight is 1000 g/mol. The van der Waals surface area contributed by atoms with Crippen molar-refractivity contribution in [1.82, 2.24) is 0 Å². The van der Waals surface area contributed by atoms with Gasteiger partial charge in [-0.1, -0.05) is 252 Å². The summed E-state index contributed by atoms with van der Waals surface area (Å²) < 4.78 is 17.5. The molecular weight excluding hydrogens is 885 g/mol. The predicted molar refractivity (Wildman–Crippen MR) is 316 cm³/mol. The van der Waals surface area contributed by atoms with Crippen LogP contribution in [0.15, 0.2) is 109 Å². The Morgan fingerprint density at radius 1 is 0.319 bits per heavy atom. The molecule has 0 heterocycles. The summed E-state index contributed by atoms with van der Waals surface area (Å²) in [6.45, 7) is 7.56. The lowest BCUT2D eigenvalue weighted by Gasteiger charge is -2.18. The molecule has 0 fully saturated rings. The highest BCUT2D eigenvalue weighted by atomic mass is 16.6. The maximum atomic E-state index is 12.9. The first-order valence-electron chi connectivity index (χ1n) is 30.4. The fraction of sp³-hybridized carbons (Fsp3) is 0.701. The Morgan fingerprint density at radius 3 is 1.01 bits per heavy atom. The number of esters is 2. The molecule has 0 aromatic carbocycles. The molecule has 5 nitrogen and oxygen atoms in total. The lowest BCUT2D eigenvalue weighted by Crippen LogP contribution is -2.30. The first-order valence-corrected chi connectivity index (χ1v) is 30.4.